The van der Waals surface area contributed by atoms with Gasteiger partial charge in [0, 0.05) is 12.2 Å². The fourth-order valence-electron chi connectivity index (χ4n) is 2.61. The van der Waals surface area contributed by atoms with E-state index in [2.05, 4.69) is 27.9 Å². The van der Waals surface area contributed by atoms with Crippen LogP contribution in [0, 0.1) is 15.2 Å². The second-order valence-electron chi connectivity index (χ2n) is 6.01. The van der Waals surface area contributed by atoms with Crippen molar-refractivity contribution in [2.75, 3.05) is 12.4 Å². The summed E-state index contributed by atoms with van der Waals surface area (Å²) in [5.74, 6) is 0.423. The topological polar surface area (TPSA) is 30.5 Å². The molecule has 28 heavy (non-hydrogen) atoms. The fraction of sp³-hybridized carbons (Fsp3) is 0.143. The zero-order chi connectivity index (χ0) is 20.1. The van der Waals surface area contributed by atoms with Gasteiger partial charge in [-0.1, -0.05) is 23.7 Å². The van der Waals surface area contributed by atoms with E-state index in [1.807, 2.05) is 12.1 Å². The SMILES string of the molecule is COc1cc(CNc2ccc(F)c(Cl)c2)cc(I)c1OCc1cccc(F)c1. The Morgan fingerprint density at radius 1 is 1.04 bits per heavy atom. The van der Waals surface area contributed by atoms with Crippen molar-refractivity contribution in [3.8, 4) is 11.5 Å². The molecule has 0 aliphatic heterocycles. The smallest absolute Gasteiger partial charge is 0.174 e. The Balaban J connectivity index is 1.72. The van der Waals surface area contributed by atoms with Crippen LogP contribution in [0.2, 0.25) is 5.02 Å². The zero-order valence-electron chi connectivity index (χ0n) is 14.9. The van der Waals surface area contributed by atoms with Crippen molar-refractivity contribution in [2.24, 2.45) is 0 Å². The van der Waals surface area contributed by atoms with Gasteiger partial charge in [-0.15, -0.1) is 0 Å². The maximum absolute atomic E-state index is 13.3. The number of halogens is 4. The highest BCUT2D eigenvalue weighted by atomic mass is 127. The number of rotatable bonds is 7. The second-order valence-corrected chi connectivity index (χ2v) is 7.58. The van der Waals surface area contributed by atoms with Crippen molar-refractivity contribution in [3.63, 3.8) is 0 Å². The summed E-state index contributed by atoms with van der Waals surface area (Å²) in [5, 5.41) is 3.27. The summed E-state index contributed by atoms with van der Waals surface area (Å²) in [7, 11) is 1.57. The Morgan fingerprint density at radius 2 is 1.86 bits per heavy atom. The summed E-state index contributed by atoms with van der Waals surface area (Å²) in [4.78, 5) is 0. The van der Waals surface area contributed by atoms with E-state index in [1.165, 1.54) is 24.3 Å². The van der Waals surface area contributed by atoms with Crippen LogP contribution in [0.5, 0.6) is 11.5 Å². The molecule has 0 spiro atoms. The summed E-state index contributed by atoms with van der Waals surface area (Å²) in [6.45, 7) is 0.730. The first-order chi connectivity index (χ1) is 13.5. The number of methoxy groups -OCH3 is 1. The normalized spacial score (nSPS) is 10.6. The largest absolute Gasteiger partial charge is 0.493 e. The van der Waals surface area contributed by atoms with Gasteiger partial charge in [0.05, 0.1) is 15.7 Å². The third-order valence-corrected chi connectivity index (χ3v) is 5.07. The van der Waals surface area contributed by atoms with Crippen molar-refractivity contribution in [1.82, 2.24) is 0 Å². The summed E-state index contributed by atoms with van der Waals surface area (Å²) < 4.78 is 38.8. The van der Waals surface area contributed by atoms with Gasteiger partial charge < -0.3 is 14.8 Å². The standard InChI is InChI=1S/C21H17ClF2INO2/c1-27-20-9-14(11-26-16-5-6-18(24)17(22)10-16)8-19(25)21(20)28-12-13-3-2-4-15(23)7-13/h2-10,26H,11-12H2,1H3. The Hall–Kier alpha value is -2.06. The number of anilines is 1. The van der Waals surface area contributed by atoms with Crippen LogP contribution in [0.4, 0.5) is 14.5 Å². The van der Waals surface area contributed by atoms with Gasteiger partial charge in [-0.05, 0) is 76.2 Å². The van der Waals surface area contributed by atoms with Gasteiger partial charge in [0.2, 0.25) is 0 Å². The lowest BCUT2D eigenvalue weighted by Gasteiger charge is -2.15. The van der Waals surface area contributed by atoms with Crippen LogP contribution in [-0.2, 0) is 13.2 Å². The van der Waals surface area contributed by atoms with Crippen LogP contribution in [0.25, 0.3) is 0 Å². The lowest BCUT2D eigenvalue weighted by molar-refractivity contribution is 0.281. The van der Waals surface area contributed by atoms with E-state index in [4.69, 9.17) is 21.1 Å². The molecule has 3 rings (SSSR count). The summed E-state index contributed by atoms with van der Waals surface area (Å²) in [6, 6.07) is 14.6. The first kappa shape index (κ1) is 20.7. The lowest BCUT2D eigenvalue weighted by Crippen LogP contribution is -2.04. The van der Waals surface area contributed by atoms with Crippen molar-refractivity contribution in [3.05, 3.63) is 86.0 Å². The highest BCUT2D eigenvalue weighted by molar-refractivity contribution is 14.1. The van der Waals surface area contributed by atoms with Crippen LogP contribution in [-0.4, -0.2) is 7.11 Å². The quantitative estimate of drug-likeness (QED) is 0.368. The Kier molecular flexibility index (Phi) is 6.96. The minimum atomic E-state index is -0.455. The van der Waals surface area contributed by atoms with E-state index >= 15 is 0 Å². The Labute approximate surface area is 180 Å². The van der Waals surface area contributed by atoms with Gasteiger partial charge in [-0.2, -0.15) is 0 Å². The molecule has 0 fully saturated rings. The molecule has 0 radical (unpaired) electrons. The molecule has 7 heteroatoms. The van der Waals surface area contributed by atoms with E-state index in [0.717, 1.165) is 14.7 Å². The minimum absolute atomic E-state index is 0.0678. The van der Waals surface area contributed by atoms with Crippen molar-refractivity contribution in [2.45, 2.75) is 13.2 Å². The molecule has 146 valence electrons. The number of ether oxygens (including phenoxy) is 2. The molecular weight excluding hydrogens is 499 g/mol. The molecule has 0 aliphatic carbocycles. The molecule has 0 aliphatic rings. The molecule has 3 aromatic rings. The molecule has 0 saturated carbocycles. The summed E-state index contributed by atoms with van der Waals surface area (Å²) in [6.07, 6.45) is 0. The highest BCUT2D eigenvalue weighted by Gasteiger charge is 2.12. The maximum atomic E-state index is 13.3. The van der Waals surface area contributed by atoms with E-state index in [9.17, 15) is 8.78 Å². The molecule has 3 aromatic carbocycles. The average molecular weight is 516 g/mol. The van der Waals surface area contributed by atoms with Crippen molar-refractivity contribution in [1.29, 1.82) is 0 Å². The van der Waals surface area contributed by atoms with E-state index < -0.39 is 5.82 Å². The van der Waals surface area contributed by atoms with Crippen LogP contribution < -0.4 is 14.8 Å². The number of benzene rings is 3. The Bertz CT molecular complexity index is 985. The predicted octanol–water partition coefficient (Wildman–Crippen LogP) is 6.42. The maximum Gasteiger partial charge on any atom is 0.174 e. The first-order valence-corrected chi connectivity index (χ1v) is 9.84. The summed E-state index contributed by atoms with van der Waals surface area (Å²) in [5.41, 5.74) is 2.41. The monoisotopic (exact) mass is 515 g/mol. The molecule has 0 unspecified atom stereocenters. The van der Waals surface area contributed by atoms with Crippen LogP contribution >= 0.6 is 34.2 Å². The molecule has 0 saturated heterocycles. The summed E-state index contributed by atoms with van der Waals surface area (Å²) >= 11 is 7.98. The molecule has 0 atom stereocenters. The molecule has 0 amide bonds. The van der Waals surface area contributed by atoms with Gasteiger partial charge in [0.1, 0.15) is 18.2 Å². The van der Waals surface area contributed by atoms with Gasteiger partial charge in [-0.25, -0.2) is 8.78 Å². The number of hydrogen-bond acceptors (Lipinski definition) is 3. The van der Waals surface area contributed by atoms with Crippen molar-refractivity contribution < 1.29 is 18.3 Å². The number of nitrogens with one attached hydrogen (secondary N) is 1. The fourth-order valence-corrected chi connectivity index (χ4v) is 3.61. The second kappa shape index (κ2) is 9.43. The van der Waals surface area contributed by atoms with E-state index in [0.29, 0.717) is 23.7 Å². The third-order valence-electron chi connectivity index (χ3n) is 3.98. The molecule has 3 nitrogen and oxygen atoms in total. The average Bonchev–Trinajstić information content (AvgIpc) is 2.67. The minimum Gasteiger partial charge on any atom is -0.493 e. The van der Waals surface area contributed by atoms with E-state index in [1.54, 1.807) is 25.3 Å². The third kappa shape index (κ3) is 5.26. The lowest BCUT2D eigenvalue weighted by atomic mass is 10.2. The molecule has 0 heterocycles. The predicted molar refractivity (Wildman–Crippen MR) is 115 cm³/mol. The van der Waals surface area contributed by atoms with Crippen LogP contribution in [0.1, 0.15) is 11.1 Å². The van der Waals surface area contributed by atoms with Gasteiger partial charge in [0.15, 0.2) is 11.5 Å². The number of hydrogen-bond donors (Lipinski definition) is 1. The molecule has 0 aromatic heterocycles. The first-order valence-electron chi connectivity index (χ1n) is 8.39. The van der Waals surface area contributed by atoms with Crippen LogP contribution in [0.15, 0.2) is 54.6 Å². The van der Waals surface area contributed by atoms with Crippen molar-refractivity contribution >= 4 is 39.9 Å². The molecule has 1 N–H and O–H groups in total. The van der Waals surface area contributed by atoms with E-state index in [-0.39, 0.29) is 17.4 Å². The van der Waals surface area contributed by atoms with Gasteiger partial charge in [0.25, 0.3) is 0 Å². The Morgan fingerprint density at radius 3 is 2.57 bits per heavy atom. The highest BCUT2D eigenvalue weighted by Crippen LogP contribution is 2.35. The van der Waals surface area contributed by atoms with Gasteiger partial charge >= 0.3 is 0 Å². The van der Waals surface area contributed by atoms with Gasteiger partial charge in [-0.3, -0.25) is 0 Å². The molecule has 0 bridgehead atoms. The zero-order valence-corrected chi connectivity index (χ0v) is 17.9. The molecular formula is C21H17ClF2INO2. The van der Waals surface area contributed by atoms with Crippen LogP contribution in [0.3, 0.4) is 0 Å².